The van der Waals surface area contributed by atoms with Crippen molar-refractivity contribution in [2.75, 3.05) is 0 Å². The molecule has 0 radical (unpaired) electrons. The van der Waals surface area contributed by atoms with Crippen LogP contribution in [-0.2, 0) is 4.79 Å². The molecule has 0 aromatic carbocycles. The second kappa shape index (κ2) is 15.8. The van der Waals surface area contributed by atoms with Crippen LogP contribution in [0.1, 0.15) is 2.85 Å². The summed E-state index contributed by atoms with van der Waals surface area (Å²) in [5.41, 5.74) is 0. The first-order valence-corrected chi connectivity index (χ1v) is 0.781. The zero-order valence-corrected chi connectivity index (χ0v) is 11.6. The zero-order valence-electron chi connectivity index (χ0n) is 5.85. The van der Waals surface area contributed by atoms with Crippen LogP contribution in [0.25, 0.3) is 0 Å². The molecule has 0 amide bonds. The number of rotatable bonds is 0. The topological polar surface area (TPSA) is 37.3 Å². The Morgan fingerprint density at radius 1 is 1.57 bits per heavy atom. The Morgan fingerprint density at radius 3 is 1.57 bits per heavy atom. The standard InChI is InChI=1S/C2H3O2.ClH.2Sr.2H/c1-2(3)4;;;;;/h1H2,(H,3,4);1H;;;;/q-1;;2*+2;2*-1/p-1. The Labute approximate surface area is 126 Å². The van der Waals surface area contributed by atoms with Gasteiger partial charge >= 0.3 is 91.0 Å². The van der Waals surface area contributed by atoms with Crippen molar-refractivity contribution in [1.82, 2.24) is 0 Å². The van der Waals surface area contributed by atoms with E-state index in [2.05, 4.69) is 6.92 Å². The molecule has 5 heteroatoms. The quantitative estimate of drug-likeness (QED) is 0.365. The van der Waals surface area contributed by atoms with Gasteiger partial charge in [-0.1, -0.05) is 0 Å². The minimum Gasteiger partial charge on any atom is -1.00 e. The van der Waals surface area contributed by atoms with E-state index in [-0.39, 0.29) is 106 Å². The van der Waals surface area contributed by atoms with Gasteiger partial charge in [-0.15, -0.1) is 0 Å². The van der Waals surface area contributed by atoms with Gasteiger partial charge in [0.2, 0.25) is 0 Å². The van der Waals surface area contributed by atoms with E-state index >= 15 is 0 Å². The summed E-state index contributed by atoms with van der Waals surface area (Å²) >= 11 is 0. The van der Waals surface area contributed by atoms with Gasteiger partial charge in [0.05, 0.1) is 0 Å². The number of carboxylic acids is 1. The Balaban J connectivity index is -0.00000000450. The van der Waals surface area contributed by atoms with Gasteiger partial charge in [-0.2, -0.15) is 0 Å². The van der Waals surface area contributed by atoms with Crippen molar-refractivity contribution >= 4 is 96.9 Å². The molecule has 0 bridgehead atoms. The SMILES string of the molecule is [CH2-]C(=O)O.[Cl-].[H-].[H-].[Sr+2].[Sr+2]. The van der Waals surface area contributed by atoms with Crippen molar-refractivity contribution < 1.29 is 25.2 Å². The zero-order chi connectivity index (χ0) is 3.58. The van der Waals surface area contributed by atoms with E-state index in [0.717, 1.165) is 0 Å². The van der Waals surface area contributed by atoms with Gasteiger partial charge in [-0.05, 0) is 0 Å². The predicted molar refractivity (Wildman–Crippen MR) is 26.7 cm³/mol. The van der Waals surface area contributed by atoms with Crippen LogP contribution in [0.5, 0.6) is 0 Å². The number of aliphatic carboxylic acids is 1. The molecule has 0 aromatic rings. The monoisotopic (exact) mass is 272 g/mol. The first-order chi connectivity index (χ1) is 1.73. The molecule has 0 rings (SSSR count). The van der Waals surface area contributed by atoms with Crippen molar-refractivity contribution in [3.63, 3.8) is 0 Å². The molecular formula is C2H5ClO2Sr2. The summed E-state index contributed by atoms with van der Waals surface area (Å²) < 4.78 is 0. The molecule has 7 heavy (non-hydrogen) atoms. The molecule has 0 spiro atoms. The summed E-state index contributed by atoms with van der Waals surface area (Å²) in [7, 11) is 0. The second-order valence-corrected chi connectivity index (χ2v) is 0.394. The van der Waals surface area contributed by atoms with Gasteiger partial charge in [0.25, 0.3) is 0 Å². The summed E-state index contributed by atoms with van der Waals surface area (Å²) in [6.45, 7) is 2.56. The summed E-state index contributed by atoms with van der Waals surface area (Å²) in [5, 5.41) is 7.31. The fourth-order valence-corrected chi connectivity index (χ4v) is 0. The molecule has 0 atom stereocenters. The predicted octanol–water partition coefficient (Wildman–Crippen LogP) is -3.63. The van der Waals surface area contributed by atoms with E-state index < -0.39 is 5.97 Å². The molecule has 2 nitrogen and oxygen atoms in total. The average molecular weight is 272 g/mol. The van der Waals surface area contributed by atoms with Crippen LogP contribution in [0.15, 0.2) is 0 Å². The fraction of sp³-hybridized carbons (Fsp3) is 0. The minimum atomic E-state index is -1.08. The Kier molecular flexibility index (Phi) is 51.2. The van der Waals surface area contributed by atoms with Gasteiger partial charge in [0.1, 0.15) is 0 Å². The van der Waals surface area contributed by atoms with Crippen LogP contribution in [0, 0.1) is 6.92 Å². The van der Waals surface area contributed by atoms with Crippen molar-refractivity contribution in [2.24, 2.45) is 0 Å². The molecule has 0 aliphatic heterocycles. The first-order valence-electron chi connectivity index (χ1n) is 0.781. The van der Waals surface area contributed by atoms with Gasteiger partial charge < -0.3 is 20.4 Å². The third kappa shape index (κ3) is 55.6. The van der Waals surface area contributed by atoms with Crippen LogP contribution >= 0.6 is 0 Å². The Bertz CT molecular complexity index is 43.5. The average Bonchev–Trinajstić information content (AvgIpc) is 0.811. The first kappa shape index (κ1) is 22.6. The summed E-state index contributed by atoms with van der Waals surface area (Å²) in [6, 6.07) is 0. The molecule has 36 valence electrons. The number of halogens is 1. The molecule has 0 aliphatic rings. The van der Waals surface area contributed by atoms with E-state index in [4.69, 9.17) is 9.90 Å². The van der Waals surface area contributed by atoms with Gasteiger partial charge in [0.15, 0.2) is 5.97 Å². The van der Waals surface area contributed by atoms with Crippen LogP contribution < -0.4 is 12.4 Å². The Hall–Kier alpha value is 2.59. The largest absolute Gasteiger partial charge is 2.00 e. The fourth-order valence-electron chi connectivity index (χ4n) is 0. The molecule has 0 aliphatic carbocycles. The maximum Gasteiger partial charge on any atom is 2.00 e. The Morgan fingerprint density at radius 2 is 1.57 bits per heavy atom. The molecule has 0 fully saturated rings. The molecule has 1 N–H and O–H groups in total. The summed E-state index contributed by atoms with van der Waals surface area (Å²) in [5.74, 6) is -1.08. The normalized spacial score (nSPS) is 3.43. The molecule has 0 unspecified atom stereocenters. The van der Waals surface area contributed by atoms with Crippen molar-refractivity contribution in [3.8, 4) is 0 Å². The second-order valence-electron chi connectivity index (χ2n) is 0.394. The number of hydrogen-bond acceptors (Lipinski definition) is 1. The smallest absolute Gasteiger partial charge is 1.00 e. The van der Waals surface area contributed by atoms with Crippen molar-refractivity contribution in [3.05, 3.63) is 6.92 Å². The molecule has 0 saturated carbocycles. The van der Waals surface area contributed by atoms with Crippen LogP contribution in [0.4, 0.5) is 0 Å². The maximum absolute atomic E-state index is 8.89. The minimum absolute atomic E-state index is 0. The van der Waals surface area contributed by atoms with E-state index in [1.54, 1.807) is 0 Å². The van der Waals surface area contributed by atoms with Gasteiger partial charge in [0, 0.05) is 0 Å². The van der Waals surface area contributed by atoms with E-state index in [1.165, 1.54) is 0 Å². The third-order valence-electron chi connectivity index (χ3n) is 0. The van der Waals surface area contributed by atoms with Crippen LogP contribution in [0.2, 0.25) is 0 Å². The maximum atomic E-state index is 8.89. The number of carboxylic acid groups (broad SMARTS) is 1. The van der Waals surface area contributed by atoms with Crippen molar-refractivity contribution in [2.45, 2.75) is 0 Å². The van der Waals surface area contributed by atoms with E-state index in [1.807, 2.05) is 0 Å². The molecule has 0 aromatic heterocycles. The van der Waals surface area contributed by atoms with Crippen molar-refractivity contribution in [1.29, 1.82) is 0 Å². The molecule has 0 saturated heterocycles. The number of hydrogen-bond donors (Lipinski definition) is 1. The van der Waals surface area contributed by atoms with Crippen LogP contribution in [0.3, 0.4) is 0 Å². The molecule has 0 heterocycles. The van der Waals surface area contributed by atoms with Crippen LogP contribution in [-0.4, -0.2) is 102 Å². The molecular weight excluding hydrogens is 267 g/mol. The summed E-state index contributed by atoms with van der Waals surface area (Å²) in [4.78, 5) is 8.89. The van der Waals surface area contributed by atoms with E-state index in [9.17, 15) is 0 Å². The van der Waals surface area contributed by atoms with E-state index in [0.29, 0.717) is 0 Å². The summed E-state index contributed by atoms with van der Waals surface area (Å²) in [6.07, 6.45) is 0. The van der Waals surface area contributed by atoms with Gasteiger partial charge in [-0.25, -0.2) is 0 Å². The third-order valence-corrected chi connectivity index (χ3v) is 0. The van der Waals surface area contributed by atoms with Gasteiger partial charge in [-0.3, -0.25) is 11.7 Å². The number of carbonyl (C=O) groups is 1.